The average molecular weight is 416 g/mol. The number of barbiturate groups is 1. The van der Waals surface area contributed by atoms with Crippen LogP contribution in [0.3, 0.4) is 0 Å². The third kappa shape index (κ3) is 3.71. The first-order chi connectivity index (χ1) is 14.7. The maximum Gasteiger partial charge on any atom is 0.335 e. The van der Waals surface area contributed by atoms with Crippen molar-refractivity contribution in [2.45, 2.75) is 20.4 Å². The molecule has 1 aliphatic rings. The van der Waals surface area contributed by atoms with Crippen molar-refractivity contribution in [3.8, 4) is 0 Å². The lowest BCUT2D eigenvalue weighted by molar-refractivity contribution is -0.306. The second kappa shape index (κ2) is 7.56. The summed E-state index contributed by atoms with van der Waals surface area (Å²) in [4.78, 5) is 50.1. The highest BCUT2D eigenvalue weighted by Gasteiger charge is 2.37. The molecule has 0 bridgehead atoms. The van der Waals surface area contributed by atoms with Crippen LogP contribution in [-0.4, -0.2) is 28.4 Å². The molecule has 1 aromatic heterocycles. The molecule has 1 saturated heterocycles. The molecular weight excluding hydrogens is 398 g/mol. The largest absolute Gasteiger partial charge is 0.548 e. The summed E-state index contributed by atoms with van der Waals surface area (Å²) in [6.45, 7) is 3.31. The number of carbonyl (C=O) groups is 4. The second-order valence-electron chi connectivity index (χ2n) is 7.41. The molecule has 0 aliphatic carbocycles. The first kappa shape index (κ1) is 20.1. The third-order valence-corrected chi connectivity index (χ3v) is 4.99. The van der Waals surface area contributed by atoms with Gasteiger partial charge in [0.1, 0.15) is 5.57 Å². The van der Waals surface area contributed by atoms with Gasteiger partial charge in [-0.15, -0.1) is 0 Å². The van der Waals surface area contributed by atoms with Gasteiger partial charge in [0.2, 0.25) is 0 Å². The van der Waals surface area contributed by atoms with Gasteiger partial charge in [0.25, 0.3) is 11.8 Å². The Kier molecular flexibility index (Phi) is 4.90. The zero-order chi connectivity index (χ0) is 22.3. The highest BCUT2D eigenvalue weighted by atomic mass is 16.4. The number of fused-ring (bicyclic) bond motifs is 1. The molecule has 3 aromatic rings. The molecule has 2 aromatic carbocycles. The molecular formula is C23H18N3O5-. The number of nitrogens with zero attached hydrogens (tertiary/aromatic N) is 2. The van der Waals surface area contributed by atoms with Crippen LogP contribution in [0.15, 0.2) is 54.2 Å². The van der Waals surface area contributed by atoms with Gasteiger partial charge in [0.05, 0.1) is 18.2 Å². The molecule has 2 heterocycles. The van der Waals surface area contributed by atoms with Gasteiger partial charge < -0.3 is 14.5 Å². The topological polar surface area (TPSA) is 112 Å². The van der Waals surface area contributed by atoms with E-state index in [-0.39, 0.29) is 12.1 Å². The number of benzene rings is 2. The molecule has 31 heavy (non-hydrogen) atoms. The summed E-state index contributed by atoms with van der Waals surface area (Å²) in [6.07, 6.45) is 2.90. The van der Waals surface area contributed by atoms with E-state index < -0.39 is 23.8 Å². The number of anilines is 1. The zero-order valence-corrected chi connectivity index (χ0v) is 16.8. The van der Waals surface area contributed by atoms with E-state index in [1.165, 1.54) is 16.8 Å². The lowest BCUT2D eigenvalue weighted by Crippen LogP contribution is -2.54. The van der Waals surface area contributed by atoms with Crippen LogP contribution in [0.5, 0.6) is 0 Å². The summed E-state index contributed by atoms with van der Waals surface area (Å²) >= 11 is 0. The van der Waals surface area contributed by atoms with Crippen molar-refractivity contribution in [1.82, 2.24) is 9.88 Å². The molecule has 4 amide bonds. The maximum atomic E-state index is 13.2. The molecule has 8 heteroatoms. The summed E-state index contributed by atoms with van der Waals surface area (Å²) in [5.74, 6) is -2.83. The molecule has 0 unspecified atom stereocenters. The van der Waals surface area contributed by atoms with Gasteiger partial charge in [0, 0.05) is 22.7 Å². The van der Waals surface area contributed by atoms with Gasteiger partial charge >= 0.3 is 6.03 Å². The number of carbonyl (C=O) groups excluding carboxylic acids is 4. The fourth-order valence-electron chi connectivity index (χ4n) is 3.79. The molecule has 8 nitrogen and oxygen atoms in total. The maximum absolute atomic E-state index is 13.2. The molecule has 1 aliphatic heterocycles. The van der Waals surface area contributed by atoms with E-state index >= 15 is 0 Å². The number of imide groups is 2. The first-order valence-corrected chi connectivity index (χ1v) is 9.52. The number of para-hydroxylation sites is 1. The summed E-state index contributed by atoms with van der Waals surface area (Å²) in [6, 6.07) is 11.5. The highest BCUT2D eigenvalue weighted by Crippen LogP contribution is 2.27. The number of urea groups is 1. The number of hydrogen-bond donors (Lipinski definition) is 1. The quantitative estimate of drug-likeness (QED) is 0.514. The minimum atomic E-state index is -1.27. The molecule has 0 saturated carbocycles. The Bertz CT molecular complexity index is 1280. The van der Waals surface area contributed by atoms with Crippen molar-refractivity contribution >= 4 is 46.5 Å². The SMILES string of the molecule is Cc1cc(C)cc(N2C(=O)NC(=O)/C(=C/c3cn(CC(=O)[O-])c4ccccc34)C2=O)c1. The van der Waals surface area contributed by atoms with Crippen LogP contribution in [0.1, 0.15) is 16.7 Å². The summed E-state index contributed by atoms with van der Waals surface area (Å²) in [5.41, 5.74) is 2.95. The van der Waals surface area contributed by atoms with Crippen molar-refractivity contribution in [3.63, 3.8) is 0 Å². The van der Waals surface area contributed by atoms with E-state index in [4.69, 9.17) is 0 Å². The molecule has 1 N–H and O–H groups in total. The molecule has 0 radical (unpaired) electrons. The van der Waals surface area contributed by atoms with E-state index in [0.29, 0.717) is 22.2 Å². The van der Waals surface area contributed by atoms with Crippen LogP contribution in [0, 0.1) is 13.8 Å². The van der Waals surface area contributed by atoms with Gasteiger partial charge in [-0.3, -0.25) is 14.9 Å². The van der Waals surface area contributed by atoms with Crippen molar-refractivity contribution < 1.29 is 24.3 Å². The highest BCUT2D eigenvalue weighted by molar-refractivity contribution is 6.39. The lowest BCUT2D eigenvalue weighted by atomic mass is 10.0. The van der Waals surface area contributed by atoms with Gasteiger partial charge in [-0.1, -0.05) is 24.3 Å². The fraction of sp³-hybridized carbons (Fsp3) is 0.130. The summed E-state index contributed by atoms with van der Waals surface area (Å²) < 4.78 is 1.47. The zero-order valence-electron chi connectivity index (χ0n) is 16.8. The van der Waals surface area contributed by atoms with Crippen molar-refractivity contribution in [3.05, 3.63) is 70.9 Å². The van der Waals surface area contributed by atoms with Gasteiger partial charge in [-0.05, 0) is 49.2 Å². The third-order valence-electron chi connectivity index (χ3n) is 4.99. The lowest BCUT2D eigenvalue weighted by Gasteiger charge is -2.26. The number of aryl methyl sites for hydroxylation is 2. The molecule has 0 spiro atoms. The number of nitrogens with one attached hydrogen (secondary N) is 1. The predicted octanol–water partition coefficient (Wildman–Crippen LogP) is 1.67. The average Bonchev–Trinajstić information content (AvgIpc) is 3.01. The number of carboxylic acids is 1. The van der Waals surface area contributed by atoms with E-state index in [9.17, 15) is 24.3 Å². The standard InChI is InChI=1S/C23H19N3O5/c1-13-7-14(2)9-16(8-13)26-22(30)18(21(29)24-23(26)31)10-15-11-25(12-20(27)28)19-6-4-3-5-17(15)19/h3-11H,12H2,1-2H3,(H,27,28)(H,24,29,31)/p-1/b18-10-. The van der Waals surface area contributed by atoms with Crippen LogP contribution in [-0.2, 0) is 20.9 Å². The van der Waals surface area contributed by atoms with Crippen molar-refractivity contribution in [1.29, 1.82) is 0 Å². The Labute approximate surface area is 177 Å². The molecule has 0 atom stereocenters. The number of carboxylic acid groups (broad SMARTS) is 1. The van der Waals surface area contributed by atoms with E-state index in [2.05, 4.69) is 5.32 Å². The number of aliphatic carboxylic acids is 1. The van der Waals surface area contributed by atoms with Gasteiger partial charge in [0.15, 0.2) is 0 Å². The number of aromatic nitrogens is 1. The normalized spacial score (nSPS) is 15.6. The minimum Gasteiger partial charge on any atom is -0.548 e. The Hall–Kier alpha value is -4.20. The number of rotatable bonds is 4. The Balaban J connectivity index is 1.82. The fourth-order valence-corrected chi connectivity index (χ4v) is 3.79. The van der Waals surface area contributed by atoms with Crippen LogP contribution >= 0.6 is 0 Å². The van der Waals surface area contributed by atoms with E-state index in [1.54, 1.807) is 36.4 Å². The van der Waals surface area contributed by atoms with Crippen molar-refractivity contribution in [2.24, 2.45) is 0 Å². The molecule has 156 valence electrons. The van der Waals surface area contributed by atoms with E-state index in [0.717, 1.165) is 16.0 Å². The minimum absolute atomic E-state index is 0.227. The van der Waals surface area contributed by atoms with Crippen LogP contribution in [0.4, 0.5) is 10.5 Å². The first-order valence-electron chi connectivity index (χ1n) is 9.52. The number of amides is 4. The van der Waals surface area contributed by atoms with Gasteiger partial charge in [-0.2, -0.15) is 0 Å². The predicted molar refractivity (Wildman–Crippen MR) is 112 cm³/mol. The van der Waals surface area contributed by atoms with E-state index in [1.807, 2.05) is 19.9 Å². The summed E-state index contributed by atoms with van der Waals surface area (Å²) in [7, 11) is 0. The van der Waals surface area contributed by atoms with Crippen LogP contribution in [0.2, 0.25) is 0 Å². The van der Waals surface area contributed by atoms with Crippen molar-refractivity contribution in [2.75, 3.05) is 4.90 Å². The monoisotopic (exact) mass is 416 g/mol. The number of hydrogen-bond acceptors (Lipinski definition) is 5. The van der Waals surface area contributed by atoms with Gasteiger partial charge in [-0.25, -0.2) is 9.69 Å². The second-order valence-corrected chi connectivity index (χ2v) is 7.41. The molecule has 4 rings (SSSR count). The Morgan fingerprint density at radius 1 is 1.06 bits per heavy atom. The smallest absolute Gasteiger partial charge is 0.335 e. The summed E-state index contributed by atoms with van der Waals surface area (Å²) in [5, 5.41) is 14.0. The van der Waals surface area contributed by atoms with Crippen LogP contribution in [0.25, 0.3) is 17.0 Å². The Morgan fingerprint density at radius 3 is 2.42 bits per heavy atom. The Morgan fingerprint density at radius 2 is 1.74 bits per heavy atom. The van der Waals surface area contributed by atoms with Crippen LogP contribution < -0.4 is 15.3 Å². The molecule has 1 fully saturated rings.